The second kappa shape index (κ2) is 5.70. The summed E-state index contributed by atoms with van der Waals surface area (Å²) in [5, 5.41) is 11.4. The third-order valence-corrected chi connectivity index (χ3v) is 2.56. The van der Waals surface area contributed by atoms with Gasteiger partial charge in [-0.3, -0.25) is 4.79 Å². The van der Waals surface area contributed by atoms with Crippen LogP contribution in [0, 0.1) is 0 Å². The molecule has 1 heterocycles. The van der Waals surface area contributed by atoms with E-state index in [1.54, 1.807) is 0 Å². The summed E-state index contributed by atoms with van der Waals surface area (Å²) in [7, 11) is 0. The van der Waals surface area contributed by atoms with Crippen LogP contribution in [0.3, 0.4) is 0 Å². The van der Waals surface area contributed by atoms with Gasteiger partial charge >= 0.3 is 5.97 Å². The Bertz CT molecular complexity index is 243. The van der Waals surface area contributed by atoms with Gasteiger partial charge in [-0.2, -0.15) is 0 Å². The van der Waals surface area contributed by atoms with Crippen LogP contribution in [0.1, 0.15) is 26.2 Å². The standard InChI is InChI=1S/C10H18N2O3/c1-2-3-5-12-6-4-9(13)11-8(7-12)10(14)15/h8H,2-7H2,1H3,(H,11,13)(H,14,15). The van der Waals surface area contributed by atoms with Gasteiger partial charge in [0.05, 0.1) is 0 Å². The van der Waals surface area contributed by atoms with E-state index >= 15 is 0 Å². The molecule has 1 aliphatic heterocycles. The number of nitrogens with one attached hydrogen (secondary N) is 1. The number of rotatable bonds is 4. The zero-order chi connectivity index (χ0) is 11.3. The third-order valence-electron chi connectivity index (χ3n) is 2.56. The first kappa shape index (κ1) is 12.0. The highest BCUT2D eigenvalue weighted by Gasteiger charge is 2.26. The summed E-state index contributed by atoms with van der Waals surface area (Å²) in [6, 6.07) is -0.753. The van der Waals surface area contributed by atoms with E-state index in [-0.39, 0.29) is 5.91 Å². The number of carbonyl (C=O) groups is 2. The molecule has 5 heteroatoms. The average Bonchev–Trinajstić information content (AvgIpc) is 2.37. The Labute approximate surface area is 89.4 Å². The van der Waals surface area contributed by atoms with Gasteiger partial charge < -0.3 is 15.3 Å². The van der Waals surface area contributed by atoms with Crippen LogP contribution in [-0.4, -0.2) is 47.6 Å². The fourth-order valence-corrected chi connectivity index (χ4v) is 1.65. The molecule has 1 atom stereocenters. The molecule has 0 bridgehead atoms. The van der Waals surface area contributed by atoms with E-state index in [9.17, 15) is 9.59 Å². The topological polar surface area (TPSA) is 69.6 Å². The molecular weight excluding hydrogens is 196 g/mol. The zero-order valence-electron chi connectivity index (χ0n) is 9.03. The molecule has 1 rings (SSSR count). The summed E-state index contributed by atoms with van der Waals surface area (Å²) >= 11 is 0. The van der Waals surface area contributed by atoms with Gasteiger partial charge in [-0.1, -0.05) is 13.3 Å². The SMILES string of the molecule is CCCCN1CCC(=O)NC(C(=O)O)C1. The normalized spacial score (nSPS) is 23.3. The largest absolute Gasteiger partial charge is 0.480 e. The lowest BCUT2D eigenvalue weighted by atomic mass is 10.2. The number of unbranched alkanes of at least 4 members (excludes halogenated alkanes) is 1. The first-order valence-electron chi connectivity index (χ1n) is 5.38. The minimum atomic E-state index is -0.952. The van der Waals surface area contributed by atoms with Crippen molar-refractivity contribution >= 4 is 11.9 Å². The monoisotopic (exact) mass is 214 g/mol. The highest BCUT2D eigenvalue weighted by molar-refractivity contribution is 5.84. The summed E-state index contributed by atoms with van der Waals surface area (Å²) in [5.41, 5.74) is 0. The number of amides is 1. The summed E-state index contributed by atoms with van der Waals surface area (Å²) in [6.07, 6.45) is 2.52. The molecule has 0 spiro atoms. The van der Waals surface area contributed by atoms with Crippen LogP contribution in [0.25, 0.3) is 0 Å². The van der Waals surface area contributed by atoms with Gasteiger partial charge in [0.1, 0.15) is 6.04 Å². The summed E-state index contributed by atoms with van der Waals surface area (Å²) in [5.74, 6) is -1.12. The van der Waals surface area contributed by atoms with Crippen LogP contribution in [-0.2, 0) is 9.59 Å². The summed E-state index contributed by atoms with van der Waals surface area (Å²) < 4.78 is 0. The fourth-order valence-electron chi connectivity index (χ4n) is 1.65. The minimum Gasteiger partial charge on any atom is -0.480 e. The van der Waals surface area contributed by atoms with Crippen molar-refractivity contribution in [3.05, 3.63) is 0 Å². The Morgan fingerprint density at radius 1 is 1.67 bits per heavy atom. The maximum absolute atomic E-state index is 11.2. The molecule has 1 saturated heterocycles. The number of hydrogen-bond donors (Lipinski definition) is 2. The van der Waals surface area contributed by atoms with E-state index in [0.717, 1.165) is 19.4 Å². The Hall–Kier alpha value is -1.10. The Balaban J connectivity index is 2.52. The summed E-state index contributed by atoms with van der Waals surface area (Å²) in [6.45, 7) is 4.04. The van der Waals surface area contributed by atoms with Gasteiger partial charge in [-0.05, 0) is 13.0 Å². The number of hydrogen-bond acceptors (Lipinski definition) is 3. The Kier molecular flexibility index (Phi) is 4.55. The lowest BCUT2D eigenvalue weighted by Crippen LogP contribution is -2.45. The second-order valence-corrected chi connectivity index (χ2v) is 3.86. The molecule has 0 aromatic heterocycles. The van der Waals surface area contributed by atoms with Crippen molar-refractivity contribution in [1.29, 1.82) is 0 Å². The van der Waals surface area contributed by atoms with Crippen molar-refractivity contribution in [3.63, 3.8) is 0 Å². The molecule has 1 amide bonds. The van der Waals surface area contributed by atoms with Gasteiger partial charge in [0.15, 0.2) is 0 Å². The molecule has 0 aromatic carbocycles. The zero-order valence-corrected chi connectivity index (χ0v) is 9.03. The van der Waals surface area contributed by atoms with Gasteiger partial charge in [0.25, 0.3) is 0 Å². The van der Waals surface area contributed by atoms with Crippen molar-refractivity contribution in [1.82, 2.24) is 10.2 Å². The van der Waals surface area contributed by atoms with Crippen LogP contribution in [0.15, 0.2) is 0 Å². The lowest BCUT2D eigenvalue weighted by Gasteiger charge is -2.21. The molecule has 1 aliphatic rings. The minimum absolute atomic E-state index is 0.165. The Morgan fingerprint density at radius 3 is 3.00 bits per heavy atom. The maximum atomic E-state index is 11.2. The van der Waals surface area contributed by atoms with Crippen LogP contribution in [0.2, 0.25) is 0 Å². The van der Waals surface area contributed by atoms with Gasteiger partial charge in [0.2, 0.25) is 5.91 Å². The lowest BCUT2D eigenvalue weighted by molar-refractivity contribution is -0.141. The smallest absolute Gasteiger partial charge is 0.327 e. The number of aliphatic carboxylic acids is 1. The van der Waals surface area contributed by atoms with E-state index in [2.05, 4.69) is 12.2 Å². The average molecular weight is 214 g/mol. The van der Waals surface area contributed by atoms with Crippen LogP contribution in [0.4, 0.5) is 0 Å². The van der Waals surface area contributed by atoms with Gasteiger partial charge in [-0.25, -0.2) is 4.79 Å². The molecular formula is C10H18N2O3. The molecule has 5 nitrogen and oxygen atoms in total. The second-order valence-electron chi connectivity index (χ2n) is 3.86. The number of nitrogens with zero attached hydrogens (tertiary/aromatic N) is 1. The van der Waals surface area contributed by atoms with E-state index in [0.29, 0.717) is 19.5 Å². The van der Waals surface area contributed by atoms with Crippen molar-refractivity contribution < 1.29 is 14.7 Å². The molecule has 0 saturated carbocycles. The van der Waals surface area contributed by atoms with Gasteiger partial charge in [-0.15, -0.1) is 0 Å². The van der Waals surface area contributed by atoms with E-state index < -0.39 is 12.0 Å². The van der Waals surface area contributed by atoms with Crippen molar-refractivity contribution in [2.24, 2.45) is 0 Å². The highest BCUT2D eigenvalue weighted by Crippen LogP contribution is 2.03. The van der Waals surface area contributed by atoms with Crippen LogP contribution >= 0.6 is 0 Å². The van der Waals surface area contributed by atoms with Crippen molar-refractivity contribution in [2.45, 2.75) is 32.2 Å². The predicted octanol–water partition coefficient (Wildman–Crippen LogP) is 0.0616. The number of carboxylic acid groups (broad SMARTS) is 1. The quantitative estimate of drug-likeness (QED) is 0.694. The molecule has 2 N–H and O–H groups in total. The molecule has 1 unspecified atom stereocenters. The van der Waals surface area contributed by atoms with E-state index in [1.165, 1.54) is 0 Å². The first-order valence-corrected chi connectivity index (χ1v) is 5.38. The van der Waals surface area contributed by atoms with Crippen molar-refractivity contribution in [2.75, 3.05) is 19.6 Å². The fraction of sp³-hybridized carbons (Fsp3) is 0.800. The number of carbonyl (C=O) groups excluding carboxylic acids is 1. The molecule has 86 valence electrons. The van der Waals surface area contributed by atoms with Gasteiger partial charge in [0, 0.05) is 19.5 Å². The predicted molar refractivity (Wildman–Crippen MR) is 55.5 cm³/mol. The summed E-state index contributed by atoms with van der Waals surface area (Å²) in [4.78, 5) is 24.1. The maximum Gasteiger partial charge on any atom is 0.327 e. The molecule has 0 radical (unpaired) electrons. The van der Waals surface area contributed by atoms with E-state index in [4.69, 9.17) is 5.11 Å². The molecule has 1 fully saturated rings. The highest BCUT2D eigenvalue weighted by atomic mass is 16.4. The van der Waals surface area contributed by atoms with E-state index in [1.807, 2.05) is 4.90 Å². The first-order chi connectivity index (χ1) is 7.13. The third kappa shape index (κ3) is 3.87. The molecule has 0 aromatic rings. The Morgan fingerprint density at radius 2 is 2.40 bits per heavy atom. The number of carboxylic acids is 1. The molecule has 15 heavy (non-hydrogen) atoms. The van der Waals surface area contributed by atoms with Crippen LogP contribution < -0.4 is 5.32 Å². The van der Waals surface area contributed by atoms with Crippen LogP contribution in [0.5, 0.6) is 0 Å². The van der Waals surface area contributed by atoms with Crippen molar-refractivity contribution in [3.8, 4) is 0 Å². The molecule has 0 aliphatic carbocycles.